The van der Waals surface area contributed by atoms with E-state index in [0.717, 1.165) is 11.1 Å². The van der Waals surface area contributed by atoms with Crippen LogP contribution in [-0.4, -0.2) is 11.1 Å². The van der Waals surface area contributed by atoms with Crippen molar-refractivity contribution >= 4 is 23.6 Å². The van der Waals surface area contributed by atoms with Crippen LogP contribution in [0, 0.1) is 6.92 Å². The van der Waals surface area contributed by atoms with Crippen LogP contribution in [0.3, 0.4) is 0 Å². The average Bonchev–Trinajstić information content (AvgIpc) is 2.01. The number of rotatable bonds is 3. The molecule has 3 heteroatoms. The number of carboxylic acids is 1. The molecule has 1 N–H and O–H groups in total. The summed E-state index contributed by atoms with van der Waals surface area (Å²) in [5.41, 5.74) is 1.99. The Hall–Kier alpha value is -1.28. The fraction of sp³-hybridized carbons (Fsp3) is 0.182. The molecule has 0 saturated carbocycles. The summed E-state index contributed by atoms with van der Waals surface area (Å²) in [7, 11) is 0. The fourth-order valence-electron chi connectivity index (χ4n) is 1.16. The molecule has 0 aliphatic heterocycles. The second kappa shape index (κ2) is 4.82. The Balaban J connectivity index is 2.76. The topological polar surface area (TPSA) is 37.3 Å². The molecule has 0 amide bonds. The van der Waals surface area contributed by atoms with Crippen molar-refractivity contribution in [3.05, 3.63) is 40.4 Å². The Labute approximate surface area is 87.8 Å². The maximum atomic E-state index is 10.2. The third kappa shape index (κ3) is 3.62. The van der Waals surface area contributed by atoms with Gasteiger partial charge in [0.2, 0.25) is 0 Å². The van der Waals surface area contributed by atoms with E-state index in [0.29, 0.717) is 5.02 Å². The summed E-state index contributed by atoms with van der Waals surface area (Å²) in [5.74, 6) is -0.833. The van der Waals surface area contributed by atoms with Crippen molar-refractivity contribution < 1.29 is 9.90 Å². The molecule has 0 spiro atoms. The Bertz CT molecular complexity index is 349. The molecule has 2 nitrogen and oxygen atoms in total. The highest BCUT2D eigenvalue weighted by molar-refractivity contribution is 6.30. The predicted molar refractivity (Wildman–Crippen MR) is 57.5 cm³/mol. The fourth-order valence-corrected chi connectivity index (χ4v) is 1.45. The van der Waals surface area contributed by atoms with E-state index in [1.807, 2.05) is 19.1 Å². The Kier molecular flexibility index (Phi) is 3.72. The minimum Gasteiger partial charge on any atom is -0.481 e. The second-order valence-corrected chi connectivity index (χ2v) is 3.50. The molecule has 14 heavy (non-hydrogen) atoms. The number of hydrogen-bond donors (Lipinski definition) is 1. The lowest BCUT2D eigenvalue weighted by molar-refractivity contribution is -0.135. The molecular weight excluding hydrogens is 200 g/mol. The lowest BCUT2D eigenvalue weighted by Crippen LogP contribution is -1.89. The number of halogens is 1. The highest BCUT2D eigenvalue weighted by Gasteiger charge is 1.94. The first-order valence-electron chi connectivity index (χ1n) is 4.23. The highest BCUT2D eigenvalue weighted by Crippen LogP contribution is 2.15. The predicted octanol–water partition coefficient (Wildman–Crippen LogP) is 3.14. The van der Waals surface area contributed by atoms with Crippen LogP contribution in [0.1, 0.15) is 17.5 Å². The maximum Gasteiger partial charge on any atom is 0.307 e. The second-order valence-electron chi connectivity index (χ2n) is 3.06. The molecule has 0 radical (unpaired) electrons. The summed E-state index contributed by atoms with van der Waals surface area (Å²) in [5, 5.41) is 9.09. The zero-order valence-corrected chi connectivity index (χ0v) is 8.58. The van der Waals surface area contributed by atoms with Crippen LogP contribution in [0.15, 0.2) is 24.3 Å². The number of hydrogen-bond acceptors (Lipinski definition) is 1. The third-order valence-corrected chi connectivity index (χ3v) is 1.89. The molecule has 0 heterocycles. The zero-order valence-electron chi connectivity index (χ0n) is 7.83. The van der Waals surface area contributed by atoms with Gasteiger partial charge in [-0.15, -0.1) is 0 Å². The third-order valence-electron chi connectivity index (χ3n) is 1.67. The SMILES string of the molecule is Cc1cc(Cl)cc(C=CCC(=O)O)c1. The Morgan fingerprint density at radius 2 is 2.21 bits per heavy atom. The van der Waals surface area contributed by atoms with Gasteiger partial charge in [0.1, 0.15) is 0 Å². The molecule has 0 atom stereocenters. The first kappa shape index (κ1) is 10.8. The Morgan fingerprint density at radius 1 is 1.50 bits per heavy atom. The number of benzene rings is 1. The average molecular weight is 211 g/mol. The van der Waals surface area contributed by atoms with E-state index >= 15 is 0 Å². The summed E-state index contributed by atoms with van der Waals surface area (Å²) < 4.78 is 0. The number of aryl methyl sites for hydroxylation is 1. The van der Waals surface area contributed by atoms with E-state index in [9.17, 15) is 4.79 Å². The van der Waals surface area contributed by atoms with Crippen molar-refractivity contribution in [1.29, 1.82) is 0 Å². The zero-order chi connectivity index (χ0) is 10.6. The smallest absolute Gasteiger partial charge is 0.307 e. The monoisotopic (exact) mass is 210 g/mol. The van der Waals surface area contributed by atoms with Crippen LogP contribution in [0.4, 0.5) is 0 Å². The molecule has 0 aliphatic rings. The summed E-state index contributed by atoms with van der Waals surface area (Å²) in [6, 6.07) is 5.60. The number of aliphatic carboxylic acids is 1. The van der Waals surface area contributed by atoms with Crippen molar-refractivity contribution in [3.8, 4) is 0 Å². The molecule has 1 aromatic rings. The van der Waals surface area contributed by atoms with Gasteiger partial charge in [0.25, 0.3) is 0 Å². The van der Waals surface area contributed by atoms with Crippen molar-refractivity contribution in [2.24, 2.45) is 0 Å². The molecule has 74 valence electrons. The van der Waals surface area contributed by atoms with Gasteiger partial charge in [-0.2, -0.15) is 0 Å². The standard InChI is InChI=1S/C11H11ClO2/c1-8-5-9(7-10(12)6-8)3-2-4-11(13)14/h2-3,5-7H,4H2,1H3,(H,13,14). The van der Waals surface area contributed by atoms with Gasteiger partial charge in [0.15, 0.2) is 0 Å². The molecule has 0 aliphatic carbocycles. The first-order valence-corrected chi connectivity index (χ1v) is 4.61. The molecule has 0 unspecified atom stereocenters. The van der Waals surface area contributed by atoms with Gasteiger partial charge in [0, 0.05) is 5.02 Å². The van der Waals surface area contributed by atoms with Crippen LogP contribution in [-0.2, 0) is 4.79 Å². The summed E-state index contributed by atoms with van der Waals surface area (Å²) in [6.45, 7) is 1.94. The number of carbonyl (C=O) groups is 1. The van der Waals surface area contributed by atoms with E-state index in [1.54, 1.807) is 18.2 Å². The Morgan fingerprint density at radius 3 is 2.79 bits per heavy atom. The normalized spacial score (nSPS) is 10.7. The minimum absolute atomic E-state index is 0.0333. The largest absolute Gasteiger partial charge is 0.481 e. The van der Waals surface area contributed by atoms with Gasteiger partial charge in [-0.1, -0.05) is 29.8 Å². The summed E-state index contributed by atoms with van der Waals surface area (Å²) >= 11 is 5.84. The number of carboxylic acid groups (broad SMARTS) is 1. The van der Waals surface area contributed by atoms with Gasteiger partial charge in [-0.25, -0.2) is 0 Å². The quantitative estimate of drug-likeness (QED) is 0.832. The van der Waals surface area contributed by atoms with Crippen molar-refractivity contribution in [1.82, 2.24) is 0 Å². The van der Waals surface area contributed by atoms with Crippen molar-refractivity contribution in [2.75, 3.05) is 0 Å². The van der Waals surface area contributed by atoms with Crippen LogP contribution >= 0.6 is 11.6 Å². The molecule has 0 bridgehead atoms. The molecule has 0 aromatic heterocycles. The summed E-state index contributed by atoms with van der Waals surface area (Å²) in [6.07, 6.45) is 3.39. The van der Waals surface area contributed by atoms with E-state index in [2.05, 4.69) is 0 Å². The first-order chi connectivity index (χ1) is 6.58. The van der Waals surface area contributed by atoms with Gasteiger partial charge in [-0.05, 0) is 30.2 Å². The van der Waals surface area contributed by atoms with E-state index in [-0.39, 0.29) is 6.42 Å². The van der Waals surface area contributed by atoms with Crippen LogP contribution < -0.4 is 0 Å². The van der Waals surface area contributed by atoms with Crippen molar-refractivity contribution in [3.63, 3.8) is 0 Å². The van der Waals surface area contributed by atoms with Gasteiger partial charge in [-0.3, -0.25) is 4.79 Å². The lowest BCUT2D eigenvalue weighted by atomic mass is 10.1. The maximum absolute atomic E-state index is 10.2. The molecule has 1 rings (SSSR count). The molecular formula is C11H11ClO2. The van der Waals surface area contributed by atoms with Crippen LogP contribution in [0.25, 0.3) is 6.08 Å². The molecule has 0 fully saturated rings. The van der Waals surface area contributed by atoms with Crippen LogP contribution in [0.5, 0.6) is 0 Å². The lowest BCUT2D eigenvalue weighted by Gasteiger charge is -1.97. The van der Waals surface area contributed by atoms with Gasteiger partial charge < -0.3 is 5.11 Å². The van der Waals surface area contributed by atoms with E-state index in [1.165, 1.54) is 0 Å². The van der Waals surface area contributed by atoms with Gasteiger partial charge >= 0.3 is 5.97 Å². The highest BCUT2D eigenvalue weighted by atomic mass is 35.5. The minimum atomic E-state index is -0.833. The van der Waals surface area contributed by atoms with Crippen LogP contribution in [0.2, 0.25) is 5.02 Å². The van der Waals surface area contributed by atoms with Gasteiger partial charge in [0.05, 0.1) is 6.42 Å². The van der Waals surface area contributed by atoms with Crippen molar-refractivity contribution in [2.45, 2.75) is 13.3 Å². The summed E-state index contributed by atoms with van der Waals surface area (Å²) in [4.78, 5) is 10.2. The van der Waals surface area contributed by atoms with E-state index < -0.39 is 5.97 Å². The van der Waals surface area contributed by atoms with E-state index in [4.69, 9.17) is 16.7 Å². The molecule has 0 saturated heterocycles. The molecule has 1 aromatic carbocycles.